The number of anilines is 2. The molecule has 1 fully saturated rings. The Morgan fingerprint density at radius 1 is 1.07 bits per heavy atom. The summed E-state index contributed by atoms with van der Waals surface area (Å²) >= 11 is 11.9. The van der Waals surface area contributed by atoms with E-state index < -0.39 is 23.6 Å². The quantitative estimate of drug-likeness (QED) is 0.345. The van der Waals surface area contributed by atoms with Gasteiger partial charge in [-0.25, -0.2) is 4.90 Å². The van der Waals surface area contributed by atoms with E-state index in [2.05, 4.69) is 10.4 Å². The van der Waals surface area contributed by atoms with Crippen molar-refractivity contribution in [1.82, 2.24) is 0 Å². The van der Waals surface area contributed by atoms with Gasteiger partial charge < -0.3 is 11.2 Å². The number of carbonyl (C=O) groups is 3. The van der Waals surface area contributed by atoms with E-state index >= 15 is 0 Å². The molecule has 3 rings (SSSR count). The van der Waals surface area contributed by atoms with Gasteiger partial charge in [0, 0.05) is 15.7 Å². The van der Waals surface area contributed by atoms with Crippen LogP contribution >= 0.6 is 23.2 Å². The molecule has 1 atom stereocenters. The Balaban J connectivity index is 1.95. The van der Waals surface area contributed by atoms with Gasteiger partial charge >= 0.3 is 0 Å². The minimum absolute atomic E-state index is 0.318. The van der Waals surface area contributed by atoms with Crippen molar-refractivity contribution in [1.29, 1.82) is 0 Å². The number of amides is 3. The maximum Gasteiger partial charge on any atom is 0.282 e. The second-order valence-corrected chi connectivity index (χ2v) is 7.18. The van der Waals surface area contributed by atoms with E-state index in [1.54, 1.807) is 44.2 Å². The van der Waals surface area contributed by atoms with Gasteiger partial charge in [-0.3, -0.25) is 14.4 Å². The fourth-order valence-corrected chi connectivity index (χ4v) is 3.47. The van der Waals surface area contributed by atoms with E-state index in [0.717, 1.165) is 4.90 Å². The smallest absolute Gasteiger partial charge is 0.282 e. The predicted molar refractivity (Wildman–Crippen MR) is 109 cm³/mol. The molecular weight excluding hydrogens is 403 g/mol. The van der Waals surface area contributed by atoms with Gasteiger partial charge in [0.25, 0.3) is 11.8 Å². The minimum atomic E-state index is -1.46. The average Bonchev–Trinajstić information content (AvgIpc) is 2.88. The van der Waals surface area contributed by atoms with Crippen molar-refractivity contribution in [3.8, 4) is 0 Å². The van der Waals surface area contributed by atoms with E-state index in [-0.39, 0.29) is 5.71 Å². The summed E-state index contributed by atoms with van der Waals surface area (Å²) < 4.78 is 0. The number of rotatable bonds is 3. The lowest BCUT2D eigenvalue weighted by Crippen LogP contribution is -2.35. The van der Waals surface area contributed by atoms with E-state index in [1.807, 2.05) is 0 Å². The number of carbonyl (C=O) groups excluding carboxylic acids is 3. The highest BCUT2D eigenvalue weighted by Gasteiger charge is 2.50. The standard InChI is InChI=1S/C19H16Cl2N4O3/c1-9-7-11(20)3-5-13(9)23-17(26)15-16(24-22)19(28)25(18(15)27)14-6-4-12(21)8-10(14)2/h3-8,15H,22H2,1-2H3,(H,23,26)/b24-16-/t15-/m1/s1. The van der Waals surface area contributed by atoms with Crippen LogP contribution in [0.2, 0.25) is 10.0 Å². The monoisotopic (exact) mass is 418 g/mol. The van der Waals surface area contributed by atoms with Gasteiger partial charge in [-0.05, 0) is 61.4 Å². The molecule has 0 bridgehead atoms. The molecule has 1 heterocycles. The van der Waals surface area contributed by atoms with Crippen molar-refractivity contribution in [3.05, 3.63) is 57.6 Å². The zero-order valence-electron chi connectivity index (χ0n) is 15.0. The predicted octanol–water partition coefficient (Wildman–Crippen LogP) is 3.05. The molecule has 0 aromatic heterocycles. The molecule has 2 aromatic rings. The molecule has 0 radical (unpaired) electrons. The molecule has 0 unspecified atom stereocenters. The molecule has 1 saturated heterocycles. The molecule has 1 aliphatic heterocycles. The molecular formula is C19H16Cl2N4O3. The second-order valence-electron chi connectivity index (χ2n) is 6.31. The Labute approximate surface area is 171 Å². The van der Waals surface area contributed by atoms with Crippen LogP contribution in [0.1, 0.15) is 11.1 Å². The van der Waals surface area contributed by atoms with Gasteiger partial charge in [-0.2, -0.15) is 5.10 Å². The van der Waals surface area contributed by atoms with Crippen LogP contribution in [0.5, 0.6) is 0 Å². The number of halogens is 2. The number of hydrogen-bond donors (Lipinski definition) is 2. The van der Waals surface area contributed by atoms with Crippen molar-refractivity contribution in [2.75, 3.05) is 10.2 Å². The molecule has 0 saturated carbocycles. The molecule has 3 N–H and O–H groups in total. The van der Waals surface area contributed by atoms with Crippen LogP contribution in [0.25, 0.3) is 0 Å². The highest BCUT2D eigenvalue weighted by atomic mass is 35.5. The maximum absolute atomic E-state index is 12.9. The highest BCUT2D eigenvalue weighted by molar-refractivity contribution is 6.61. The van der Waals surface area contributed by atoms with E-state index in [4.69, 9.17) is 29.0 Å². The Morgan fingerprint density at radius 2 is 1.68 bits per heavy atom. The number of aryl methyl sites for hydroxylation is 2. The molecule has 7 nitrogen and oxygen atoms in total. The number of imide groups is 1. The molecule has 9 heteroatoms. The largest absolute Gasteiger partial charge is 0.325 e. The summed E-state index contributed by atoms with van der Waals surface area (Å²) in [5, 5.41) is 7.02. The third-order valence-corrected chi connectivity index (χ3v) is 4.88. The summed E-state index contributed by atoms with van der Waals surface area (Å²) in [7, 11) is 0. The molecule has 0 spiro atoms. The van der Waals surface area contributed by atoms with Crippen molar-refractivity contribution < 1.29 is 14.4 Å². The van der Waals surface area contributed by atoms with E-state index in [9.17, 15) is 14.4 Å². The topological polar surface area (TPSA) is 105 Å². The lowest BCUT2D eigenvalue weighted by atomic mass is 10.0. The number of nitrogens with two attached hydrogens (primary N) is 1. The van der Waals surface area contributed by atoms with Gasteiger partial charge in [-0.15, -0.1) is 0 Å². The number of benzene rings is 2. The first-order valence-electron chi connectivity index (χ1n) is 8.24. The fourth-order valence-electron chi connectivity index (χ4n) is 3.02. The molecule has 3 amide bonds. The van der Waals surface area contributed by atoms with Crippen LogP contribution in [-0.4, -0.2) is 23.4 Å². The summed E-state index contributed by atoms with van der Waals surface area (Å²) in [6.45, 7) is 3.45. The summed E-state index contributed by atoms with van der Waals surface area (Å²) in [5.74, 6) is 1.69. The van der Waals surface area contributed by atoms with Gasteiger partial charge in [0.2, 0.25) is 5.91 Å². The summed E-state index contributed by atoms with van der Waals surface area (Å²) in [6, 6.07) is 9.57. The van der Waals surface area contributed by atoms with Crippen LogP contribution in [0.4, 0.5) is 11.4 Å². The van der Waals surface area contributed by atoms with Crippen molar-refractivity contribution in [2.45, 2.75) is 13.8 Å². The SMILES string of the molecule is Cc1cc(Cl)ccc1NC(=O)[C@@H]1C(=O)N(c2ccc(Cl)cc2C)C(=O)/C1=N\N. The third-order valence-electron chi connectivity index (χ3n) is 4.41. The number of hydrogen-bond acceptors (Lipinski definition) is 5. The van der Waals surface area contributed by atoms with Gasteiger partial charge in [0.15, 0.2) is 5.92 Å². The van der Waals surface area contributed by atoms with Crippen LogP contribution in [0.15, 0.2) is 41.5 Å². The molecule has 144 valence electrons. The first-order chi connectivity index (χ1) is 13.2. The number of nitrogens with one attached hydrogen (secondary N) is 1. The second kappa shape index (κ2) is 7.61. The van der Waals surface area contributed by atoms with Crippen LogP contribution in [-0.2, 0) is 14.4 Å². The normalized spacial score (nSPS) is 18.1. The van der Waals surface area contributed by atoms with Crippen molar-refractivity contribution in [3.63, 3.8) is 0 Å². The summed E-state index contributed by atoms with van der Waals surface area (Å²) in [6.07, 6.45) is 0. The summed E-state index contributed by atoms with van der Waals surface area (Å²) in [4.78, 5) is 39.4. The summed E-state index contributed by atoms with van der Waals surface area (Å²) in [5.41, 5.74) is 1.75. The minimum Gasteiger partial charge on any atom is -0.325 e. The van der Waals surface area contributed by atoms with E-state index in [0.29, 0.717) is 32.5 Å². The van der Waals surface area contributed by atoms with Crippen molar-refractivity contribution in [2.24, 2.45) is 16.9 Å². The highest BCUT2D eigenvalue weighted by Crippen LogP contribution is 2.30. The first-order valence-corrected chi connectivity index (χ1v) is 8.99. The van der Waals surface area contributed by atoms with Gasteiger partial charge in [-0.1, -0.05) is 23.2 Å². The van der Waals surface area contributed by atoms with Crippen LogP contribution in [0, 0.1) is 19.8 Å². The third kappa shape index (κ3) is 3.46. The molecule has 1 aliphatic rings. The van der Waals surface area contributed by atoms with Crippen LogP contribution in [0.3, 0.4) is 0 Å². The lowest BCUT2D eigenvalue weighted by Gasteiger charge is -2.17. The Bertz CT molecular complexity index is 1040. The molecule has 2 aromatic carbocycles. The Morgan fingerprint density at radius 3 is 2.25 bits per heavy atom. The van der Waals surface area contributed by atoms with Gasteiger partial charge in [0.05, 0.1) is 5.69 Å². The first kappa shape index (κ1) is 19.9. The average molecular weight is 419 g/mol. The Kier molecular flexibility index (Phi) is 5.40. The maximum atomic E-state index is 12.9. The van der Waals surface area contributed by atoms with Crippen LogP contribution < -0.4 is 16.1 Å². The molecule has 28 heavy (non-hydrogen) atoms. The van der Waals surface area contributed by atoms with Crippen molar-refractivity contribution >= 4 is 58.0 Å². The van der Waals surface area contributed by atoms with Gasteiger partial charge in [0.1, 0.15) is 5.71 Å². The zero-order chi connectivity index (χ0) is 20.6. The van der Waals surface area contributed by atoms with E-state index in [1.165, 1.54) is 6.07 Å². The number of hydrazone groups is 1. The molecule has 0 aliphatic carbocycles. The Hall–Kier alpha value is -2.90. The lowest BCUT2D eigenvalue weighted by molar-refractivity contribution is -0.127. The number of nitrogens with zero attached hydrogens (tertiary/aromatic N) is 2. The zero-order valence-corrected chi connectivity index (χ0v) is 16.5. The fraction of sp³-hybridized carbons (Fsp3) is 0.158.